The third-order valence-electron chi connectivity index (χ3n) is 2.85. The zero-order chi connectivity index (χ0) is 13.5. The summed E-state index contributed by atoms with van der Waals surface area (Å²) >= 11 is 0. The highest BCUT2D eigenvalue weighted by atomic mass is 19.3. The first-order valence-corrected chi connectivity index (χ1v) is 5.93. The van der Waals surface area contributed by atoms with Gasteiger partial charge < -0.3 is 10.0 Å². The predicted molar refractivity (Wildman–Crippen MR) is 60.4 cm³/mol. The second-order valence-corrected chi connectivity index (χ2v) is 4.27. The van der Waals surface area contributed by atoms with E-state index >= 15 is 0 Å². The van der Waals surface area contributed by atoms with Crippen LogP contribution in [0, 0.1) is 0 Å². The van der Waals surface area contributed by atoms with E-state index in [1.165, 1.54) is 9.80 Å². The lowest BCUT2D eigenvalue weighted by Gasteiger charge is -2.29. The van der Waals surface area contributed by atoms with E-state index in [0.29, 0.717) is 25.9 Å². The van der Waals surface area contributed by atoms with Gasteiger partial charge in [-0.3, -0.25) is 14.5 Å². The van der Waals surface area contributed by atoms with Crippen LogP contribution < -0.4 is 0 Å². The van der Waals surface area contributed by atoms with Gasteiger partial charge in [0.15, 0.2) is 0 Å². The summed E-state index contributed by atoms with van der Waals surface area (Å²) in [5.74, 6) is -0.143. The van der Waals surface area contributed by atoms with Crippen molar-refractivity contribution in [2.24, 2.45) is 0 Å². The Morgan fingerprint density at radius 2 is 2.00 bits per heavy atom. The molecule has 1 rings (SSSR count). The van der Waals surface area contributed by atoms with Crippen LogP contribution in [0.1, 0.15) is 12.8 Å². The van der Waals surface area contributed by atoms with Crippen LogP contribution in [0.5, 0.6) is 0 Å². The number of ketones is 1. The Bertz CT molecular complexity index is 290. The summed E-state index contributed by atoms with van der Waals surface area (Å²) in [6, 6.07) is 0. The van der Waals surface area contributed by atoms with E-state index < -0.39 is 13.0 Å². The Hall–Kier alpha value is -1.08. The van der Waals surface area contributed by atoms with Crippen LogP contribution in [0.15, 0.2) is 0 Å². The highest BCUT2D eigenvalue weighted by Gasteiger charge is 2.23. The monoisotopic (exact) mass is 264 g/mol. The molecule has 1 aliphatic rings. The van der Waals surface area contributed by atoms with Crippen LogP contribution in [-0.4, -0.2) is 72.4 Å². The number of hydrogen-bond donors (Lipinski definition) is 1. The first kappa shape index (κ1) is 15.0. The largest absolute Gasteiger partial charge is 0.395 e. The Morgan fingerprint density at radius 1 is 1.39 bits per heavy atom. The molecule has 0 atom stereocenters. The summed E-state index contributed by atoms with van der Waals surface area (Å²) in [4.78, 5) is 25.6. The van der Waals surface area contributed by atoms with E-state index in [1.807, 2.05) is 0 Å². The molecule has 0 radical (unpaired) electrons. The topological polar surface area (TPSA) is 60.9 Å². The average Bonchev–Trinajstić information content (AvgIpc) is 2.29. The Balaban J connectivity index is 2.42. The number of likely N-dealkylation sites (tertiary alicyclic amines) is 1. The van der Waals surface area contributed by atoms with Gasteiger partial charge in [0, 0.05) is 32.5 Å². The molecule has 0 saturated carbocycles. The van der Waals surface area contributed by atoms with Gasteiger partial charge in [-0.1, -0.05) is 0 Å². The number of Topliss-reactive ketones (excluding diaryl/α,β-unsaturated/α-hetero) is 1. The number of amides is 1. The van der Waals surface area contributed by atoms with E-state index in [4.69, 9.17) is 5.11 Å². The smallest absolute Gasteiger partial charge is 0.251 e. The maximum atomic E-state index is 12.3. The summed E-state index contributed by atoms with van der Waals surface area (Å²) in [6.07, 6.45) is -1.87. The van der Waals surface area contributed by atoms with E-state index in [2.05, 4.69) is 0 Å². The van der Waals surface area contributed by atoms with Crippen molar-refractivity contribution in [1.82, 2.24) is 9.80 Å². The molecule has 5 nitrogen and oxygen atoms in total. The van der Waals surface area contributed by atoms with Gasteiger partial charge >= 0.3 is 0 Å². The molecular weight excluding hydrogens is 246 g/mol. The standard InChI is InChI=1S/C11H18F2N2O3/c12-10(13)7-14(5-6-16)8-11(18)15-3-1-9(17)2-4-15/h10,16H,1-8H2. The minimum Gasteiger partial charge on any atom is -0.395 e. The van der Waals surface area contributed by atoms with Crippen molar-refractivity contribution in [2.45, 2.75) is 19.3 Å². The molecule has 1 heterocycles. The number of hydrogen-bond acceptors (Lipinski definition) is 4. The van der Waals surface area contributed by atoms with Gasteiger partial charge in [0.25, 0.3) is 6.43 Å². The van der Waals surface area contributed by atoms with Gasteiger partial charge in [-0.05, 0) is 0 Å². The number of aliphatic hydroxyl groups is 1. The quantitative estimate of drug-likeness (QED) is 0.718. The van der Waals surface area contributed by atoms with Crippen LogP contribution in [0.25, 0.3) is 0 Å². The molecule has 0 bridgehead atoms. The van der Waals surface area contributed by atoms with Crippen molar-refractivity contribution in [2.75, 3.05) is 39.3 Å². The highest BCUT2D eigenvalue weighted by Crippen LogP contribution is 2.07. The lowest BCUT2D eigenvalue weighted by Crippen LogP contribution is -2.45. The fourth-order valence-electron chi connectivity index (χ4n) is 1.87. The molecule has 0 aromatic carbocycles. The van der Waals surface area contributed by atoms with Gasteiger partial charge in [-0.15, -0.1) is 0 Å². The molecule has 0 aromatic rings. The van der Waals surface area contributed by atoms with Gasteiger partial charge in [-0.25, -0.2) is 8.78 Å². The Kier molecular flexibility index (Phi) is 6.14. The third-order valence-corrected chi connectivity index (χ3v) is 2.85. The van der Waals surface area contributed by atoms with Crippen LogP contribution in [-0.2, 0) is 9.59 Å². The van der Waals surface area contributed by atoms with E-state index in [1.54, 1.807) is 0 Å². The molecule has 1 N–H and O–H groups in total. The second kappa shape index (κ2) is 7.38. The maximum Gasteiger partial charge on any atom is 0.251 e. The van der Waals surface area contributed by atoms with Crippen molar-refractivity contribution in [1.29, 1.82) is 0 Å². The van der Waals surface area contributed by atoms with Gasteiger partial charge in [0.1, 0.15) is 5.78 Å². The normalized spacial score (nSPS) is 16.7. The molecule has 0 aliphatic carbocycles. The van der Waals surface area contributed by atoms with Crippen molar-refractivity contribution < 1.29 is 23.5 Å². The fraction of sp³-hybridized carbons (Fsp3) is 0.818. The van der Waals surface area contributed by atoms with Crippen LogP contribution in [0.2, 0.25) is 0 Å². The van der Waals surface area contributed by atoms with Crippen molar-refractivity contribution in [3.05, 3.63) is 0 Å². The first-order valence-electron chi connectivity index (χ1n) is 5.93. The van der Waals surface area contributed by atoms with Gasteiger partial charge in [-0.2, -0.15) is 0 Å². The molecule has 0 aromatic heterocycles. The molecule has 18 heavy (non-hydrogen) atoms. The zero-order valence-corrected chi connectivity index (χ0v) is 10.1. The number of rotatable bonds is 6. The number of carbonyl (C=O) groups is 2. The number of halogens is 2. The maximum absolute atomic E-state index is 12.3. The molecule has 0 spiro atoms. The SMILES string of the molecule is O=C1CCN(C(=O)CN(CCO)CC(F)F)CC1. The van der Waals surface area contributed by atoms with Crippen molar-refractivity contribution in [3.63, 3.8) is 0 Å². The summed E-state index contributed by atoms with van der Waals surface area (Å²) in [6.45, 7) is -0.169. The van der Waals surface area contributed by atoms with Crippen LogP contribution in [0.3, 0.4) is 0 Å². The van der Waals surface area contributed by atoms with E-state index in [0.717, 1.165) is 0 Å². The number of carbonyl (C=O) groups excluding carboxylic acids is 2. The highest BCUT2D eigenvalue weighted by molar-refractivity contribution is 5.84. The number of piperidine rings is 1. The predicted octanol–water partition coefficient (Wildman–Crippen LogP) is -0.263. The van der Waals surface area contributed by atoms with E-state index in [9.17, 15) is 18.4 Å². The van der Waals surface area contributed by atoms with Crippen LogP contribution >= 0.6 is 0 Å². The van der Waals surface area contributed by atoms with Gasteiger partial charge in [0.05, 0.1) is 19.7 Å². The lowest BCUT2D eigenvalue weighted by molar-refractivity contribution is -0.135. The summed E-state index contributed by atoms with van der Waals surface area (Å²) < 4.78 is 24.5. The first-order chi connectivity index (χ1) is 8.52. The van der Waals surface area contributed by atoms with Crippen molar-refractivity contribution >= 4 is 11.7 Å². The third kappa shape index (κ3) is 5.05. The molecule has 1 aliphatic heterocycles. The minimum absolute atomic E-state index is 0.0445. The Morgan fingerprint density at radius 3 is 2.50 bits per heavy atom. The lowest BCUT2D eigenvalue weighted by atomic mass is 10.1. The Labute approximate surface area is 104 Å². The van der Waals surface area contributed by atoms with Gasteiger partial charge in [0.2, 0.25) is 5.91 Å². The second-order valence-electron chi connectivity index (χ2n) is 4.27. The summed E-state index contributed by atoms with van der Waals surface area (Å²) in [5, 5.41) is 8.75. The summed E-state index contributed by atoms with van der Waals surface area (Å²) in [5.41, 5.74) is 0. The summed E-state index contributed by atoms with van der Waals surface area (Å²) in [7, 11) is 0. The number of nitrogens with zero attached hydrogens (tertiary/aromatic N) is 2. The zero-order valence-electron chi connectivity index (χ0n) is 10.1. The van der Waals surface area contributed by atoms with Crippen molar-refractivity contribution in [3.8, 4) is 0 Å². The number of aliphatic hydroxyl groups excluding tert-OH is 1. The average molecular weight is 264 g/mol. The molecule has 1 saturated heterocycles. The molecule has 1 fully saturated rings. The molecule has 0 unspecified atom stereocenters. The fourth-order valence-corrected chi connectivity index (χ4v) is 1.87. The van der Waals surface area contributed by atoms with E-state index in [-0.39, 0.29) is 31.4 Å². The minimum atomic E-state index is -2.53. The van der Waals surface area contributed by atoms with Crippen LogP contribution in [0.4, 0.5) is 8.78 Å². The molecular formula is C11H18F2N2O3. The molecule has 104 valence electrons. The molecule has 7 heteroatoms. The molecule has 1 amide bonds. The number of alkyl halides is 2.